The molecule has 0 saturated carbocycles. The second-order valence-electron chi connectivity index (χ2n) is 7.34. The highest BCUT2D eigenvalue weighted by Gasteiger charge is 2.29. The minimum atomic E-state index is -1.14. The Kier molecular flexibility index (Phi) is 4.66. The Morgan fingerprint density at radius 1 is 1.17 bits per heavy atom. The molecule has 5 rings (SSSR count). The molecule has 30 heavy (non-hydrogen) atoms. The molecule has 0 radical (unpaired) electrons. The minimum Gasteiger partial charge on any atom is -0.382 e. The van der Waals surface area contributed by atoms with Gasteiger partial charge in [-0.3, -0.25) is 4.90 Å². The Morgan fingerprint density at radius 3 is 2.90 bits per heavy atom. The van der Waals surface area contributed by atoms with E-state index in [0.29, 0.717) is 24.2 Å². The molecule has 1 saturated heterocycles. The van der Waals surface area contributed by atoms with Gasteiger partial charge in [-0.25, -0.2) is 22.8 Å². The molecule has 0 spiro atoms. The highest BCUT2D eigenvalue weighted by atomic mass is 19.1. The summed E-state index contributed by atoms with van der Waals surface area (Å²) >= 11 is 0. The number of likely N-dealkylation sites (tertiary alicyclic amines) is 1. The number of anilines is 2. The van der Waals surface area contributed by atoms with Crippen molar-refractivity contribution in [2.24, 2.45) is 0 Å². The lowest BCUT2D eigenvalue weighted by atomic mass is 10.0. The zero-order chi connectivity index (χ0) is 20.7. The number of aromatic nitrogens is 6. The summed E-state index contributed by atoms with van der Waals surface area (Å²) in [6, 6.07) is 5.15. The summed E-state index contributed by atoms with van der Waals surface area (Å²) in [5, 5.41) is 12.0. The van der Waals surface area contributed by atoms with Gasteiger partial charge in [-0.15, -0.1) is 5.10 Å². The summed E-state index contributed by atoms with van der Waals surface area (Å²) in [5.74, 6) is 0.525. The van der Waals surface area contributed by atoms with Gasteiger partial charge in [0.05, 0.1) is 11.7 Å². The van der Waals surface area contributed by atoms with Crippen molar-refractivity contribution in [2.75, 3.05) is 37.4 Å². The zero-order valence-corrected chi connectivity index (χ0v) is 16.1. The Labute approximate surface area is 170 Å². The van der Waals surface area contributed by atoms with E-state index in [-0.39, 0.29) is 24.9 Å². The predicted octanol–water partition coefficient (Wildman–Crippen LogP) is 1.81. The maximum absolute atomic E-state index is 14.5. The number of hydrogen-bond donors (Lipinski definition) is 2. The standard InChI is InChI=1S/C19H21F2N9/c20-5-9-28-7-4-15(13(21)11-28)24-19-25-18(22)17-12(3-8-30(17)27-19)14-1-2-16-23-6-10-29(16)26-14/h1-3,6,8,10,13,15H,4-5,7,9,11H2,(H3,22,24,25,27)/t13-,15+/m1/s1. The smallest absolute Gasteiger partial charge is 0.243 e. The van der Waals surface area contributed by atoms with Crippen molar-refractivity contribution < 1.29 is 8.78 Å². The molecule has 156 valence electrons. The predicted molar refractivity (Wildman–Crippen MR) is 109 cm³/mol. The SMILES string of the molecule is Nc1nc(N[C@H]2CCN(CCF)C[C@H]2F)nn2ccc(-c3ccc4nccn4n3)c12. The van der Waals surface area contributed by atoms with E-state index in [1.165, 1.54) is 0 Å². The highest BCUT2D eigenvalue weighted by molar-refractivity contribution is 5.86. The van der Waals surface area contributed by atoms with Crippen LogP contribution in [0.2, 0.25) is 0 Å². The van der Waals surface area contributed by atoms with Crippen molar-refractivity contribution in [3.63, 3.8) is 0 Å². The number of nitrogens with one attached hydrogen (secondary N) is 1. The van der Waals surface area contributed by atoms with Crippen LogP contribution in [0.25, 0.3) is 22.4 Å². The first-order valence-corrected chi connectivity index (χ1v) is 9.77. The van der Waals surface area contributed by atoms with Crippen LogP contribution in [0.1, 0.15) is 6.42 Å². The maximum atomic E-state index is 14.5. The third-order valence-electron chi connectivity index (χ3n) is 5.41. The Balaban J connectivity index is 1.41. The molecule has 0 aliphatic carbocycles. The van der Waals surface area contributed by atoms with Crippen LogP contribution in [0.5, 0.6) is 0 Å². The Hall–Kier alpha value is -3.34. The number of nitrogen functional groups attached to an aromatic ring is 1. The number of piperidine rings is 1. The van der Waals surface area contributed by atoms with Gasteiger partial charge in [0.15, 0.2) is 11.5 Å². The zero-order valence-electron chi connectivity index (χ0n) is 16.1. The Morgan fingerprint density at radius 2 is 2.07 bits per heavy atom. The number of halogens is 2. The summed E-state index contributed by atoms with van der Waals surface area (Å²) in [7, 11) is 0. The molecule has 11 heteroatoms. The fourth-order valence-corrected chi connectivity index (χ4v) is 3.90. The largest absolute Gasteiger partial charge is 0.382 e. The molecule has 3 N–H and O–H groups in total. The van der Waals surface area contributed by atoms with Gasteiger partial charge in [-0.2, -0.15) is 10.1 Å². The molecular weight excluding hydrogens is 392 g/mol. The van der Waals surface area contributed by atoms with Crippen molar-refractivity contribution in [2.45, 2.75) is 18.6 Å². The van der Waals surface area contributed by atoms with Gasteiger partial charge in [0.25, 0.3) is 0 Å². The number of rotatable bonds is 5. The number of alkyl halides is 2. The van der Waals surface area contributed by atoms with E-state index in [1.807, 2.05) is 18.2 Å². The van der Waals surface area contributed by atoms with E-state index in [2.05, 4.69) is 25.5 Å². The molecule has 4 aromatic rings. The van der Waals surface area contributed by atoms with Gasteiger partial charge in [0.1, 0.15) is 18.4 Å². The first-order valence-electron chi connectivity index (χ1n) is 9.77. The van der Waals surface area contributed by atoms with Gasteiger partial charge in [-0.1, -0.05) is 0 Å². The number of nitrogens with zero attached hydrogens (tertiary/aromatic N) is 7. The molecule has 0 unspecified atom stereocenters. The molecule has 0 amide bonds. The lowest BCUT2D eigenvalue weighted by molar-refractivity contribution is 0.120. The topological polar surface area (TPSA) is 102 Å². The molecule has 1 aliphatic heterocycles. The van der Waals surface area contributed by atoms with E-state index in [4.69, 9.17) is 5.73 Å². The molecular formula is C19H21F2N9. The van der Waals surface area contributed by atoms with Gasteiger partial charge < -0.3 is 11.1 Å². The minimum absolute atomic E-state index is 0.190. The molecule has 0 bridgehead atoms. The van der Waals surface area contributed by atoms with Crippen molar-refractivity contribution in [1.82, 2.24) is 34.1 Å². The summed E-state index contributed by atoms with van der Waals surface area (Å²) in [6.45, 7) is 0.596. The normalized spacial score (nSPS) is 20.2. The summed E-state index contributed by atoms with van der Waals surface area (Å²) in [6.07, 6.45) is 4.61. The molecule has 0 aromatic carbocycles. The van der Waals surface area contributed by atoms with Gasteiger partial charge in [-0.05, 0) is 24.6 Å². The van der Waals surface area contributed by atoms with Crippen LogP contribution in [0.4, 0.5) is 20.5 Å². The van der Waals surface area contributed by atoms with Crippen LogP contribution in [0, 0.1) is 0 Å². The lowest BCUT2D eigenvalue weighted by Gasteiger charge is -2.34. The number of imidazole rings is 1. The van der Waals surface area contributed by atoms with Gasteiger partial charge >= 0.3 is 0 Å². The number of hydrogen-bond acceptors (Lipinski definition) is 7. The van der Waals surface area contributed by atoms with Crippen LogP contribution >= 0.6 is 0 Å². The quantitative estimate of drug-likeness (QED) is 0.515. The first kappa shape index (κ1) is 18.7. The van der Waals surface area contributed by atoms with Crippen molar-refractivity contribution in [3.05, 3.63) is 36.8 Å². The Bertz CT molecular complexity index is 1190. The summed E-state index contributed by atoms with van der Waals surface area (Å²) in [5.41, 5.74) is 9.11. The van der Waals surface area contributed by atoms with E-state index < -0.39 is 18.9 Å². The van der Waals surface area contributed by atoms with E-state index >= 15 is 0 Å². The van der Waals surface area contributed by atoms with Crippen molar-refractivity contribution in [3.8, 4) is 11.3 Å². The molecule has 9 nitrogen and oxygen atoms in total. The molecule has 1 aliphatic rings. The number of fused-ring (bicyclic) bond motifs is 2. The van der Waals surface area contributed by atoms with Crippen molar-refractivity contribution >= 4 is 22.9 Å². The number of nitrogens with two attached hydrogens (primary N) is 1. The van der Waals surface area contributed by atoms with Crippen molar-refractivity contribution in [1.29, 1.82) is 0 Å². The first-order chi connectivity index (χ1) is 14.6. The van der Waals surface area contributed by atoms with Crippen LogP contribution in [0.3, 0.4) is 0 Å². The van der Waals surface area contributed by atoms with E-state index in [1.54, 1.807) is 32.5 Å². The third kappa shape index (κ3) is 3.30. The third-order valence-corrected chi connectivity index (χ3v) is 5.41. The van der Waals surface area contributed by atoms with Gasteiger partial charge in [0, 0.05) is 43.8 Å². The van der Waals surface area contributed by atoms with Crippen LogP contribution < -0.4 is 11.1 Å². The molecule has 2 atom stereocenters. The van der Waals surface area contributed by atoms with Gasteiger partial charge in [0.2, 0.25) is 5.95 Å². The average Bonchev–Trinajstić information content (AvgIpc) is 3.36. The van der Waals surface area contributed by atoms with Crippen LogP contribution in [-0.4, -0.2) is 72.6 Å². The van der Waals surface area contributed by atoms with Crippen LogP contribution in [-0.2, 0) is 0 Å². The average molecular weight is 413 g/mol. The molecule has 5 heterocycles. The maximum Gasteiger partial charge on any atom is 0.243 e. The molecule has 1 fully saturated rings. The fourth-order valence-electron chi connectivity index (χ4n) is 3.90. The highest BCUT2D eigenvalue weighted by Crippen LogP contribution is 2.28. The monoisotopic (exact) mass is 413 g/mol. The summed E-state index contributed by atoms with van der Waals surface area (Å²) < 4.78 is 30.3. The second kappa shape index (κ2) is 7.48. The van der Waals surface area contributed by atoms with E-state index in [0.717, 1.165) is 11.2 Å². The summed E-state index contributed by atoms with van der Waals surface area (Å²) in [4.78, 5) is 10.3. The van der Waals surface area contributed by atoms with Crippen LogP contribution in [0.15, 0.2) is 36.8 Å². The second-order valence-corrected chi connectivity index (χ2v) is 7.34. The molecule has 4 aromatic heterocycles. The fraction of sp³-hybridized carbons (Fsp3) is 0.368. The van der Waals surface area contributed by atoms with E-state index in [9.17, 15) is 8.78 Å². The lowest BCUT2D eigenvalue weighted by Crippen LogP contribution is -2.48.